The molecule has 0 bridgehead atoms. The first-order valence-corrected chi connectivity index (χ1v) is 12.7. The lowest BCUT2D eigenvalue weighted by Gasteiger charge is -2.20. The molecule has 4 rings (SSSR count). The molecule has 12 heteroatoms. The van der Waals surface area contributed by atoms with Gasteiger partial charge in [-0.15, -0.1) is 11.3 Å². The maximum Gasteiger partial charge on any atom is 0.314 e. The molecule has 0 fully saturated rings. The zero-order valence-electron chi connectivity index (χ0n) is 18.3. The van der Waals surface area contributed by atoms with Gasteiger partial charge in [0.05, 0.1) is 16.8 Å². The van der Waals surface area contributed by atoms with E-state index in [-0.39, 0.29) is 18.3 Å². The summed E-state index contributed by atoms with van der Waals surface area (Å²) >= 11 is 8.73. The number of halogens is 1. The summed E-state index contributed by atoms with van der Waals surface area (Å²) in [5, 5.41) is 12.7. The van der Waals surface area contributed by atoms with Crippen molar-refractivity contribution in [1.29, 1.82) is 0 Å². The van der Waals surface area contributed by atoms with Crippen LogP contribution in [0.2, 0.25) is 5.02 Å². The summed E-state index contributed by atoms with van der Waals surface area (Å²) in [6.07, 6.45) is 2.70. The Balaban J connectivity index is 1.37. The third-order valence-corrected chi connectivity index (χ3v) is 7.23. The summed E-state index contributed by atoms with van der Waals surface area (Å²) in [4.78, 5) is 49.3. The number of rotatable bonds is 7. The van der Waals surface area contributed by atoms with E-state index in [0.717, 1.165) is 35.6 Å². The van der Waals surface area contributed by atoms with Crippen LogP contribution in [0.1, 0.15) is 25.9 Å². The summed E-state index contributed by atoms with van der Waals surface area (Å²) in [5.41, 5.74) is 2.00. The highest BCUT2D eigenvalue weighted by molar-refractivity contribution is 7.13. The minimum atomic E-state index is -0.854. The Morgan fingerprint density at radius 3 is 2.82 bits per heavy atom. The van der Waals surface area contributed by atoms with Crippen molar-refractivity contribution in [2.75, 3.05) is 25.5 Å². The smallest absolute Gasteiger partial charge is 0.314 e. The average Bonchev–Trinajstić information content (AvgIpc) is 3.48. The highest BCUT2D eigenvalue weighted by Gasteiger charge is 2.24. The van der Waals surface area contributed by atoms with Gasteiger partial charge in [0.15, 0.2) is 5.01 Å². The number of hydrogen-bond acceptors (Lipinski definition) is 8. The molecule has 9 nitrogen and oxygen atoms in total. The molecule has 34 heavy (non-hydrogen) atoms. The van der Waals surface area contributed by atoms with Gasteiger partial charge < -0.3 is 20.9 Å². The Morgan fingerprint density at radius 1 is 1.24 bits per heavy atom. The standard InChI is InChI=1S/C22H23ClN6O3S2/c1-29-6-4-16-17(11-29)34-22(27-16)21(32)26-15(8-13-5-7-33-12-13)10-25-19(30)20(31)28-18-3-2-14(23)9-24-18/h2-3,5,7,9,12,15H,4,6,8,10-11H2,1H3,(H,25,30)(H,26,32)(H,24,28,31). The van der Waals surface area contributed by atoms with Gasteiger partial charge in [-0.05, 0) is 48.0 Å². The molecule has 0 radical (unpaired) electrons. The van der Waals surface area contributed by atoms with Crippen LogP contribution in [-0.2, 0) is 29.0 Å². The summed E-state index contributed by atoms with van der Waals surface area (Å²) < 4.78 is 0. The van der Waals surface area contributed by atoms with Crippen molar-refractivity contribution in [2.45, 2.75) is 25.4 Å². The Hall–Kier alpha value is -2.86. The third-order valence-electron chi connectivity index (χ3n) is 5.20. The molecule has 0 saturated heterocycles. The van der Waals surface area contributed by atoms with Crippen LogP contribution in [0.25, 0.3) is 0 Å². The summed E-state index contributed by atoms with van der Waals surface area (Å²) in [6.45, 7) is 1.78. The lowest BCUT2D eigenvalue weighted by molar-refractivity contribution is -0.136. The predicted molar refractivity (Wildman–Crippen MR) is 132 cm³/mol. The molecule has 3 aromatic heterocycles. The summed E-state index contributed by atoms with van der Waals surface area (Å²) in [7, 11) is 2.04. The molecule has 178 valence electrons. The van der Waals surface area contributed by atoms with Gasteiger partial charge in [0.25, 0.3) is 5.91 Å². The van der Waals surface area contributed by atoms with E-state index in [4.69, 9.17) is 11.6 Å². The Kier molecular flexibility index (Phi) is 7.88. The molecule has 0 aliphatic carbocycles. The second kappa shape index (κ2) is 11.0. The molecule has 1 aliphatic heterocycles. The first-order valence-electron chi connectivity index (χ1n) is 10.6. The average molecular weight is 519 g/mol. The van der Waals surface area contributed by atoms with E-state index in [1.54, 1.807) is 17.4 Å². The number of anilines is 1. The minimum absolute atomic E-state index is 0.0791. The van der Waals surface area contributed by atoms with Crippen molar-refractivity contribution >= 4 is 57.8 Å². The third kappa shape index (κ3) is 6.38. The molecular formula is C22H23ClN6O3S2. The van der Waals surface area contributed by atoms with Gasteiger partial charge in [-0.1, -0.05) is 11.6 Å². The van der Waals surface area contributed by atoms with Crippen molar-refractivity contribution in [3.8, 4) is 0 Å². The first kappa shape index (κ1) is 24.3. The number of amides is 3. The van der Waals surface area contributed by atoms with Crippen LogP contribution >= 0.6 is 34.3 Å². The predicted octanol–water partition coefficient (Wildman–Crippen LogP) is 2.34. The van der Waals surface area contributed by atoms with Gasteiger partial charge in [0, 0.05) is 37.1 Å². The van der Waals surface area contributed by atoms with Crippen LogP contribution in [0.4, 0.5) is 5.82 Å². The Bertz CT molecular complexity index is 1170. The molecule has 1 unspecified atom stereocenters. The fourth-order valence-electron chi connectivity index (χ4n) is 3.45. The van der Waals surface area contributed by atoms with E-state index in [1.807, 2.05) is 23.9 Å². The molecular weight excluding hydrogens is 496 g/mol. The summed E-state index contributed by atoms with van der Waals surface area (Å²) in [5.74, 6) is -1.75. The van der Waals surface area contributed by atoms with Gasteiger partial charge >= 0.3 is 11.8 Å². The van der Waals surface area contributed by atoms with E-state index < -0.39 is 17.9 Å². The van der Waals surface area contributed by atoms with E-state index in [1.165, 1.54) is 23.6 Å². The maximum absolute atomic E-state index is 12.9. The number of pyridine rings is 1. The topological polar surface area (TPSA) is 116 Å². The largest absolute Gasteiger partial charge is 0.346 e. The number of carbonyl (C=O) groups is 3. The second-order valence-electron chi connectivity index (χ2n) is 7.91. The fourth-order valence-corrected chi connectivity index (χ4v) is 5.34. The highest BCUT2D eigenvalue weighted by atomic mass is 35.5. The van der Waals surface area contributed by atoms with Gasteiger partial charge in [-0.2, -0.15) is 11.3 Å². The van der Waals surface area contributed by atoms with E-state index in [0.29, 0.717) is 16.5 Å². The monoisotopic (exact) mass is 518 g/mol. The molecule has 0 aromatic carbocycles. The second-order valence-corrected chi connectivity index (χ2v) is 10.2. The van der Waals surface area contributed by atoms with Crippen LogP contribution in [-0.4, -0.2) is 58.8 Å². The Labute approximate surface area is 209 Å². The van der Waals surface area contributed by atoms with Crippen LogP contribution in [0.5, 0.6) is 0 Å². The van der Waals surface area contributed by atoms with Crippen LogP contribution in [0.3, 0.4) is 0 Å². The molecule has 0 spiro atoms. The van der Waals surface area contributed by atoms with Crippen LogP contribution in [0, 0.1) is 0 Å². The zero-order valence-corrected chi connectivity index (χ0v) is 20.7. The SMILES string of the molecule is CN1CCc2nc(C(=O)NC(CNC(=O)C(=O)Nc3ccc(Cl)cn3)Cc3ccsc3)sc2C1. The normalized spacial score (nSPS) is 14.2. The van der Waals surface area contributed by atoms with E-state index >= 15 is 0 Å². The van der Waals surface area contributed by atoms with Crippen molar-refractivity contribution in [1.82, 2.24) is 25.5 Å². The molecule has 1 aliphatic rings. The molecule has 0 saturated carbocycles. The molecule has 3 N–H and O–H groups in total. The highest BCUT2D eigenvalue weighted by Crippen LogP contribution is 2.24. The molecule has 3 aromatic rings. The van der Waals surface area contributed by atoms with Crippen molar-refractivity contribution in [3.05, 3.63) is 61.3 Å². The Morgan fingerprint density at radius 2 is 2.09 bits per heavy atom. The number of thiophene rings is 1. The van der Waals surface area contributed by atoms with Crippen LogP contribution < -0.4 is 16.0 Å². The summed E-state index contributed by atoms with van der Waals surface area (Å²) in [6, 6.07) is 4.60. The lowest BCUT2D eigenvalue weighted by atomic mass is 10.1. The molecule has 4 heterocycles. The van der Waals surface area contributed by atoms with Crippen molar-refractivity contribution < 1.29 is 14.4 Å². The maximum atomic E-state index is 12.9. The number of carbonyl (C=O) groups excluding carboxylic acids is 3. The van der Waals surface area contributed by atoms with Gasteiger partial charge in [0.2, 0.25) is 0 Å². The number of thiazole rings is 1. The fraction of sp³-hybridized carbons (Fsp3) is 0.318. The van der Waals surface area contributed by atoms with E-state index in [9.17, 15) is 14.4 Å². The van der Waals surface area contributed by atoms with Crippen molar-refractivity contribution in [2.24, 2.45) is 0 Å². The number of nitrogens with one attached hydrogen (secondary N) is 3. The zero-order chi connectivity index (χ0) is 24.1. The molecule has 1 atom stereocenters. The number of nitrogens with zero attached hydrogens (tertiary/aromatic N) is 3. The van der Waals surface area contributed by atoms with Gasteiger partial charge in [-0.3, -0.25) is 14.4 Å². The van der Waals surface area contributed by atoms with Crippen molar-refractivity contribution in [3.63, 3.8) is 0 Å². The number of hydrogen-bond donors (Lipinski definition) is 3. The number of aromatic nitrogens is 2. The quantitative estimate of drug-likeness (QED) is 0.413. The van der Waals surface area contributed by atoms with Crippen LogP contribution in [0.15, 0.2) is 35.2 Å². The number of likely N-dealkylation sites (N-methyl/N-ethyl adjacent to an activating group) is 1. The first-order chi connectivity index (χ1) is 16.4. The number of fused-ring (bicyclic) bond motifs is 1. The van der Waals surface area contributed by atoms with E-state index in [2.05, 4.69) is 30.8 Å². The molecule has 3 amide bonds. The minimum Gasteiger partial charge on any atom is -0.346 e. The lowest BCUT2D eigenvalue weighted by Crippen LogP contribution is -2.47. The van der Waals surface area contributed by atoms with Gasteiger partial charge in [0.1, 0.15) is 5.82 Å². The van der Waals surface area contributed by atoms with Gasteiger partial charge in [-0.25, -0.2) is 9.97 Å².